The van der Waals surface area contributed by atoms with Crippen molar-refractivity contribution in [2.45, 2.75) is 23.6 Å². The molecule has 0 radical (unpaired) electrons. The fraction of sp³-hybridized carbons (Fsp3) is 0.161. The van der Waals surface area contributed by atoms with Gasteiger partial charge in [0.25, 0.3) is 0 Å². The fourth-order valence-corrected chi connectivity index (χ4v) is 6.25. The number of nitrogens with zero attached hydrogens (tertiary/aromatic N) is 2. The highest BCUT2D eigenvalue weighted by atomic mass is 32.2. The highest BCUT2D eigenvalue weighted by molar-refractivity contribution is 7.89. The lowest BCUT2D eigenvalue weighted by molar-refractivity contribution is -0.136. The Kier molecular flexibility index (Phi) is 6.83. The first kappa shape index (κ1) is 25.8. The third-order valence-corrected chi connectivity index (χ3v) is 8.56. The van der Waals surface area contributed by atoms with Gasteiger partial charge in [0.2, 0.25) is 22.2 Å². The van der Waals surface area contributed by atoms with Crippen LogP contribution in [0.4, 0.5) is 0 Å². The molecular weight excluding hydrogens is 526 g/mol. The summed E-state index contributed by atoms with van der Waals surface area (Å²) >= 11 is 0. The number of benzene rings is 4. The van der Waals surface area contributed by atoms with Crippen LogP contribution in [-0.4, -0.2) is 43.9 Å². The minimum absolute atomic E-state index is 0.0821. The number of para-hydroxylation sites is 1. The van der Waals surface area contributed by atoms with E-state index in [4.69, 9.17) is 9.47 Å². The van der Waals surface area contributed by atoms with Crippen LogP contribution in [0.5, 0.6) is 11.5 Å². The molecule has 0 bridgehead atoms. The second-order valence-electron chi connectivity index (χ2n) is 9.63. The van der Waals surface area contributed by atoms with Crippen LogP contribution in [0.15, 0.2) is 108 Å². The molecule has 1 amide bonds. The molecule has 1 N–H and O–H groups in total. The molecule has 4 aromatic carbocycles. The first-order valence-electron chi connectivity index (χ1n) is 12.9. The number of carbonyl (C=O) groups is 1. The summed E-state index contributed by atoms with van der Waals surface area (Å²) in [5, 5.41) is 3.54. The maximum absolute atomic E-state index is 13.7. The minimum atomic E-state index is -3.98. The molecular formula is C31H27N3O5S. The fourth-order valence-electron chi connectivity index (χ4n) is 4.99. The topological polar surface area (TPSA) is 97.8 Å². The van der Waals surface area contributed by atoms with Crippen molar-refractivity contribution in [1.82, 2.24) is 14.6 Å². The number of hydrogen-bond acceptors (Lipinski definition) is 6. The number of ether oxygens (including phenoxy) is 2. The molecule has 6 rings (SSSR count). The Balaban J connectivity index is 1.28. The zero-order valence-electron chi connectivity index (χ0n) is 21.7. The van der Waals surface area contributed by atoms with Crippen molar-refractivity contribution in [2.75, 3.05) is 13.7 Å². The Hall–Kier alpha value is -4.47. The number of amides is 1. The summed E-state index contributed by atoms with van der Waals surface area (Å²) in [7, 11) is -2.42. The second-order valence-corrected chi connectivity index (χ2v) is 11.3. The highest BCUT2D eigenvalue weighted by Crippen LogP contribution is 2.32. The number of pyridine rings is 1. The molecule has 0 aliphatic carbocycles. The Bertz CT molecular complexity index is 1810. The SMILES string of the molecule is COc1ccc2ccc(S(=O)(=O)N[C@H]3CCN([C@H](Oc4ccccc4)c4ccc5ccncc5c4)C3=O)cc2c1. The van der Waals surface area contributed by atoms with Crippen molar-refractivity contribution in [3.63, 3.8) is 0 Å². The Morgan fingerprint density at radius 1 is 0.875 bits per heavy atom. The minimum Gasteiger partial charge on any atom is -0.497 e. The zero-order valence-corrected chi connectivity index (χ0v) is 22.5. The molecule has 0 saturated carbocycles. The van der Waals surface area contributed by atoms with Gasteiger partial charge in [0, 0.05) is 29.9 Å². The van der Waals surface area contributed by atoms with Crippen LogP contribution in [0.25, 0.3) is 21.5 Å². The van der Waals surface area contributed by atoms with E-state index in [1.165, 1.54) is 0 Å². The standard InChI is InChI=1S/C31H27N3O5S/c1-38-27-11-9-21-10-12-28(19-24(21)18-27)40(36,37)33-29-14-16-34(30(29)35)31(39-26-5-3-2-4-6-26)23-8-7-22-13-15-32-20-25(22)17-23/h2-13,15,17-20,29,31,33H,14,16H2,1H3/t29-,31+/m0/s1. The molecule has 9 heteroatoms. The Morgan fingerprint density at radius 2 is 1.65 bits per heavy atom. The number of hydrogen-bond donors (Lipinski definition) is 1. The van der Waals surface area contributed by atoms with Crippen LogP contribution in [0.2, 0.25) is 0 Å². The van der Waals surface area contributed by atoms with Crippen molar-refractivity contribution in [3.05, 3.63) is 109 Å². The first-order chi connectivity index (χ1) is 19.4. The van der Waals surface area contributed by atoms with E-state index in [1.54, 1.807) is 48.7 Å². The molecule has 1 aromatic heterocycles. The maximum Gasteiger partial charge on any atom is 0.243 e. The van der Waals surface area contributed by atoms with Gasteiger partial charge >= 0.3 is 0 Å². The maximum atomic E-state index is 13.7. The molecule has 1 fully saturated rings. The number of likely N-dealkylation sites (tertiary alicyclic amines) is 1. The smallest absolute Gasteiger partial charge is 0.243 e. The van der Waals surface area contributed by atoms with Gasteiger partial charge in [-0.1, -0.05) is 42.5 Å². The van der Waals surface area contributed by atoms with Gasteiger partial charge < -0.3 is 14.4 Å². The number of methoxy groups -OCH3 is 1. The monoisotopic (exact) mass is 553 g/mol. The quantitative estimate of drug-likeness (QED) is 0.289. The van der Waals surface area contributed by atoms with E-state index in [2.05, 4.69) is 9.71 Å². The third kappa shape index (κ3) is 5.09. The number of rotatable bonds is 8. The normalized spacial score (nSPS) is 16.4. The van der Waals surface area contributed by atoms with Gasteiger partial charge in [-0.25, -0.2) is 8.42 Å². The van der Waals surface area contributed by atoms with Crippen LogP contribution in [0.1, 0.15) is 18.2 Å². The van der Waals surface area contributed by atoms with E-state index in [-0.39, 0.29) is 10.8 Å². The Morgan fingerprint density at radius 3 is 2.48 bits per heavy atom. The lowest BCUT2D eigenvalue weighted by Crippen LogP contribution is -2.43. The third-order valence-electron chi connectivity index (χ3n) is 7.09. The molecule has 1 saturated heterocycles. The van der Waals surface area contributed by atoms with E-state index >= 15 is 0 Å². The van der Waals surface area contributed by atoms with Gasteiger partial charge in [0.15, 0.2) is 0 Å². The summed E-state index contributed by atoms with van der Waals surface area (Å²) in [5.41, 5.74) is 0.768. The number of nitrogens with one attached hydrogen (secondary N) is 1. The summed E-state index contributed by atoms with van der Waals surface area (Å²) in [5.74, 6) is 0.881. The summed E-state index contributed by atoms with van der Waals surface area (Å²) < 4.78 is 41.0. The van der Waals surface area contributed by atoms with Gasteiger partial charge in [-0.15, -0.1) is 0 Å². The van der Waals surface area contributed by atoms with E-state index in [1.807, 2.05) is 66.7 Å². The average Bonchev–Trinajstić information content (AvgIpc) is 3.34. The predicted molar refractivity (Wildman–Crippen MR) is 152 cm³/mol. The van der Waals surface area contributed by atoms with Gasteiger partial charge in [-0.05, 0) is 71.1 Å². The number of aromatic nitrogens is 1. The molecule has 2 heterocycles. The summed E-state index contributed by atoms with van der Waals surface area (Å²) in [6.07, 6.45) is 3.05. The largest absolute Gasteiger partial charge is 0.497 e. The predicted octanol–water partition coefficient (Wildman–Crippen LogP) is 5.05. The molecule has 1 aliphatic heterocycles. The zero-order chi connectivity index (χ0) is 27.7. The van der Waals surface area contributed by atoms with Crippen LogP contribution < -0.4 is 14.2 Å². The van der Waals surface area contributed by atoms with E-state index in [0.717, 1.165) is 27.1 Å². The van der Waals surface area contributed by atoms with Crippen molar-refractivity contribution in [2.24, 2.45) is 0 Å². The van der Waals surface area contributed by atoms with E-state index in [9.17, 15) is 13.2 Å². The van der Waals surface area contributed by atoms with Crippen molar-refractivity contribution in [1.29, 1.82) is 0 Å². The van der Waals surface area contributed by atoms with Crippen LogP contribution >= 0.6 is 0 Å². The van der Waals surface area contributed by atoms with E-state index < -0.39 is 22.3 Å². The average molecular weight is 554 g/mol. The number of sulfonamides is 1. The summed E-state index contributed by atoms with van der Waals surface area (Å²) in [4.78, 5) is 19.6. The summed E-state index contributed by atoms with van der Waals surface area (Å²) in [6, 6.07) is 26.4. The Labute approximate surface area is 232 Å². The van der Waals surface area contributed by atoms with Gasteiger partial charge in [0.05, 0.1) is 12.0 Å². The van der Waals surface area contributed by atoms with Crippen molar-refractivity contribution < 1.29 is 22.7 Å². The molecule has 0 unspecified atom stereocenters. The highest BCUT2D eigenvalue weighted by Gasteiger charge is 2.40. The second kappa shape index (κ2) is 10.6. The molecule has 2 atom stereocenters. The lowest BCUT2D eigenvalue weighted by atomic mass is 10.1. The van der Waals surface area contributed by atoms with Crippen LogP contribution in [0, 0.1) is 0 Å². The molecule has 40 heavy (non-hydrogen) atoms. The molecule has 5 aromatic rings. The summed E-state index contributed by atoms with van der Waals surface area (Å²) in [6.45, 7) is 0.323. The van der Waals surface area contributed by atoms with Crippen molar-refractivity contribution in [3.8, 4) is 11.5 Å². The van der Waals surface area contributed by atoms with Gasteiger partial charge in [0.1, 0.15) is 17.5 Å². The lowest BCUT2D eigenvalue weighted by Gasteiger charge is -2.29. The van der Waals surface area contributed by atoms with Gasteiger partial charge in [-0.3, -0.25) is 9.78 Å². The molecule has 202 valence electrons. The molecule has 8 nitrogen and oxygen atoms in total. The first-order valence-corrected chi connectivity index (χ1v) is 14.4. The number of carbonyl (C=O) groups excluding carboxylic acids is 1. The molecule has 0 spiro atoms. The van der Waals surface area contributed by atoms with Crippen LogP contribution in [-0.2, 0) is 14.8 Å². The molecule has 1 aliphatic rings. The van der Waals surface area contributed by atoms with Crippen LogP contribution in [0.3, 0.4) is 0 Å². The van der Waals surface area contributed by atoms with Gasteiger partial charge in [-0.2, -0.15) is 4.72 Å². The van der Waals surface area contributed by atoms with E-state index in [0.29, 0.717) is 24.5 Å². The number of fused-ring (bicyclic) bond motifs is 2. The van der Waals surface area contributed by atoms with Crippen molar-refractivity contribution >= 4 is 37.5 Å².